The van der Waals surface area contributed by atoms with Crippen LogP contribution in [0.4, 0.5) is 13.2 Å². The van der Waals surface area contributed by atoms with Gasteiger partial charge in [0.25, 0.3) is 5.91 Å². The van der Waals surface area contributed by atoms with E-state index < -0.39 is 24.1 Å². The summed E-state index contributed by atoms with van der Waals surface area (Å²) in [6.45, 7) is 1.75. The first kappa shape index (κ1) is 21.3. The number of alkyl halides is 3. The molecule has 2 aromatic heterocycles. The molecule has 1 atom stereocenters. The van der Waals surface area contributed by atoms with Crippen LogP contribution in [0.1, 0.15) is 34.6 Å². The normalized spacial score (nSPS) is 12.4. The fourth-order valence-electron chi connectivity index (χ4n) is 2.87. The van der Waals surface area contributed by atoms with Gasteiger partial charge in [0.1, 0.15) is 5.75 Å². The second kappa shape index (κ2) is 8.95. The summed E-state index contributed by atoms with van der Waals surface area (Å²) in [5.74, 6) is -0.239. The fourth-order valence-corrected chi connectivity index (χ4v) is 2.87. The molecule has 3 rings (SSSR count). The molecule has 30 heavy (non-hydrogen) atoms. The molecule has 0 aliphatic heterocycles. The van der Waals surface area contributed by atoms with Crippen molar-refractivity contribution in [3.8, 4) is 11.6 Å². The number of hydrogen-bond donors (Lipinski definition) is 2. The van der Waals surface area contributed by atoms with Crippen LogP contribution in [0.15, 0.2) is 54.9 Å². The Balaban J connectivity index is 1.65. The second-order valence-corrected chi connectivity index (χ2v) is 6.30. The molecular weight excluding hydrogens is 401 g/mol. The van der Waals surface area contributed by atoms with Crippen molar-refractivity contribution in [3.63, 3.8) is 0 Å². The lowest BCUT2D eigenvalue weighted by Crippen LogP contribution is -2.29. The quantitative estimate of drug-likeness (QED) is 0.613. The lowest BCUT2D eigenvalue weighted by Gasteiger charge is -2.14. The van der Waals surface area contributed by atoms with Gasteiger partial charge in [-0.15, -0.1) is 13.2 Å². The first-order valence-electron chi connectivity index (χ1n) is 9.08. The molecule has 0 fully saturated rings. The molecular formula is C20H19F3N4O3. The van der Waals surface area contributed by atoms with Crippen molar-refractivity contribution in [2.24, 2.45) is 0 Å². The molecule has 0 bridgehead atoms. The van der Waals surface area contributed by atoms with Crippen LogP contribution < -0.4 is 10.1 Å². The third-order valence-corrected chi connectivity index (χ3v) is 4.27. The van der Waals surface area contributed by atoms with Crippen molar-refractivity contribution >= 4 is 5.91 Å². The predicted molar refractivity (Wildman–Crippen MR) is 101 cm³/mol. The Kier molecular flexibility index (Phi) is 6.36. The Hall–Kier alpha value is -3.40. The summed E-state index contributed by atoms with van der Waals surface area (Å²) in [5, 5.41) is 17.1. The van der Waals surface area contributed by atoms with Crippen molar-refractivity contribution in [2.45, 2.75) is 25.8 Å². The molecule has 0 aliphatic rings. The molecule has 0 radical (unpaired) electrons. The number of aromatic nitrogens is 3. The first-order chi connectivity index (χ1) is 14.3. The minimum atomic E-state index is -4.79. The van der Waals surface area contributed by atoms with Gasteiger partial charge in [-0.05, 0) is 36.2 Å². The van der Waals surface area contributed by atoms with E-state index >= 15 is 0 Å². The molecule has 1 amide bonds. The van der Waals surface area contributed by atoms with Gasteiger partial charge in [-0.3, -0.25) is 4.79 Å². The van der Waals surface area contributed by atoms with E-state index in [4.69, 9.17) is 0 Å². The Morgan fingerprint density at radius 1 is 1.23 bits per heavy atom. The topological polar surface area (TPSA) is 89.3 Å². The second-order valence-electron chi connectivity index (χ2n) is 6.30. The van der Waals surface area contributed by atoms with E-state index in [9.17, 15) is 23.1 Å². The number of hydrogen-bond acceptors (Lipinski definition) is 5. The van der Waals surface area contributed by atoms with Gasteiger partial charge in [0, 0.05) is 12.7 Å². The standard InChI is InChI=1S/C20H19F3N4O3/c1-2-16-15(11-26-27(16)18-5-3-4-10-24-18)19(29)25-12-17(28)13-6-8-14(9-7-13)30-20(21,22)23/h3-11,17,28H,2,12H2,1H3,(H,25,29). The summed E-state index contributed by atoms with van der Waals surface area (Å²) >= 11 is 0. The predicted octanol–water partition coefficient (Wildman–Crippen LogP) is 3.19. The van der Waals surface area contributed by atoms with Gasteiger partial charge in [0.15, 0.2) is 5.82 Å². The summed E-state index contributed by atoms with van der Waals surface area (Å²) in [6.07, 6.45) is -2.31. The third-order valence-electron chi connectivity index (χ3n) is 4.27. The van der Waals surface area contributed by atoms with Gasteiger partial charge in [0.2, 0.25) is 0 Å². The summed E-state index contributed by atoms with van der Waals surface area (Å²) in [6, 6.07) is 10.1. The maximum absolute atomic E-state index is 12.6. The highest BCUT2D eigenvalue weighted by atomic mass is 19.4. The zero-order valence-corrected chi connectivity index (χ0v) is 15.9. The molecule has 3 aromatic rings. The highest BCUT2D eigenvalue weighted by Gasteiger charge is 2.31. The number of benzene rings is 1. The zero-order chi connectivity index (χ0) is 21.7. The number of halogens is 3. The molecule has 2 N–H and O–H groups in total. The van der Waals surface area contributed by atoms with E-state index in [-0.39, 0.29) is 6.54 Å². The SMILES string of the molecule is CCc1c(C(=O)NCC(O)c2ccc(OC(F)(F)F)cc2)cnn1-c1ccccn1. The van der Waals surface area contributed by atoms with Crippen LogP contribution in [0, 0.1) is 0 Å². The first-order valence-corrected chi connectivity index (χ1v) is 9.08. The van der Waals surface area contributed by atoms with E-state index in [0.29, 0.717) is 29.1 Å². The van der Waals surface area contributed by atoms with Gasteiger partial charge >= 0.3 is 6.36 Å². The minimum absolute atomic E-state index is 0.129. The van der Waals surface area contributed by atoms with E-state index in [0.717, 1.165) is 12.1 Å². The van der Waals surface area contributed by atoms with E-state index in [2.05, 4.69) is 20.1 Å². The van der Waals surface area contributed by atoms with Crippen molar-refractivity contribution in [2.75, 3.05) is 6.54 Å². The lowest BCUT2D eigenvalue weighted by molar-refractivity contribution is -0.274. The molecule has 2 heterocycles. The molecule has 0 aliphatic carbocycles. The minimum Gasteiger partial charge on any atom is -0.406 e. The smallest absolute Gasteiger partial charge is 0.406 e. The Labute approximate surface area is 170 Å². The number of rotatable bonds is 7. The molecule has 158 valence electrons. The number of ether oxygens (including phenoxy) is 1. The maximum atomic E-state index is 12.6. The van der Waals surface area contributed by atoms with Crippen LogP contribution in [0.25, 0.3) is 5.82 Å². The summed E-state index contributed by atoms with van der Waals surface area (Å²) in [7, 11) is 0. The van der Waals surface area contributed by atoms with E-state index in [1.807, 2.05) is 13.0 Å². The number of aliphatic hydroxyl groups is 1. The number of carbonyl (C=O) groups is 1. The molecule has 1 unspecified atom stereocenters. The van der Waals surface area contributed by atoms with E-state index in [1.54, 1.807) is 23.0 Å². The van der Waals surface area contributed by atoms with Gasteiger partial charge in [-0.2, -0.15) is 5.10 Å². The highest BCUT2D eigenvalue weighted by Crippen LogP contribution is 2.24. The Bertz CT molecular complexity index is 989. The molecule has 1 aromatic carbocycles. The zero-order valence-electron chi connectivity index (χ0n) is 15.9. The average molecular weight is 420 g/mol. The molecule has 10 heteroatoms. The van der Waals surface area contributed by atoms with Crippen molar-refractivity contribution in [1.82, 2.24) is 20.1 Å². The largest absolute Gasteiger partial charge is 0.573 e. The van der Waals surface area contributed by atoms with Crippen LogP contribution in [0.5, 0.6) is 5.75 Å². The summed E-state index contributed by atoms with van der Waals surface area (Å²) in [4.78, 5) is 16.8. The molecule has 7 nitrogen and oxygen atoms in total. The lowest BCUT2D eigenvalue weighted by atomic mass is 10.1. The van der Waals surface area contributed by atoms with Gasteiger partial charge in [0.05, 0.1) is 23.6 Å². The number of pyridine rings is 1. The van der Waals surface area contributed by atoms with Crippen LogP contribution in [-0.2, 0) is 6.42 Å². The van der Waals surface area contributed by atoms with Gasteiger partial charge < -0.3 is 15.2 Å². The van der Waals surface area contributed by atoms with Crippen LogP contribution in [0.3, 0.4) is 0 Å². The average Bonchev–Trinajstić information content (AvgIpc) is 3.16. The third kappa shape index (κ3) is 5.15. The fraction of sp³-hybridized carbons (Fsp3) is 0.250. The number of amides is 1. The Morgan fingerprint density at radius 2 is 1.97 bits per heavy atom. The summed E-state index contributed by atoms with van der Waals surface area (Å²) < 4.78 is 42.0. The number of aliphatic hydroxyl groups excluding tert-OH is 1. The number of nitrogens with one attached hydrogen (secondary N) is 1. The van der Waals surface area contributed by atoms with Crippen LogP contribution in [0.2, 0.25) is 0 Å². The molecule has 0 spiro atoms. The van der Waals surface area contributed by atoms with Gasteiger partial charge in [-0.25, -0.2) is 9.67 Å². The van der Waals surface area contributed by atoms with Crippen LogP contribution >= 0.6 is 0 Å². The maximum Gasteiger partial charge on any atom is 0.573 e. The van der Waals surface area contributed by atoms with Gasteiger partial charge in [-0.1, -0.05) is 25.1 Å². The van der Waals surface area contributed by atoms with Crippen LogP contribution in [-0.4, -0.2) is 38.7 Å². The Morgan fingerprint density at radius 3 is 2.57 bits per heavy atom. The number of carbonyl (C=O) groups excluding carboxylic acids is 1. The monoisotopic (exact) mass is 420 g/mol. The van der Waals surface area contributed by atoms with Crippen molar-refractivity contribution in [1.29, 1.82) is 0 Å². The van der Waals surface area contributed by atoms with E-state index in [1.165, 1.54) is 18.3 Å². The van der Waals surface area contributed by atoms with Crippen molar-refractivity contribution < 1.29 is 27.8 Å². The molecule has 0 saturated carbocycles. The highest BCUT2D eigenvalue weighted by molar-refractivity contribution is 5.95. The number of nitrogens with zero attached hydrogens (tertiary/aromatic N) is 3. The molecule has 0 saturated heterocycles. The van der Waals surface area contributed by atoms with Crippen molar-refractivity contribution in [3.05, 3.63) is 71.7 Å². The summed E-state index contributed by atoms with van der Waals surface area (Å²) in [5.41, 5.74) is 1.35.